The van der Waals surface area contributed by atoms with Gasteiger partial charge in [-0.05, 0) is 24.7 Å². The van der Waals surface area contributed by atoms with Gasteiger partial charge in [0.25, 0.3) is 0 Å². The van der Waals surface area contributed by atoms with Crippen molar-refractivity contribution in [3.05, 3.63) is 0 Å². The van der Waals surface area contributed by atoms with E-state index in [4.69, 9.17) is 0 Å². The molecule has 0 saturated carbocycles. The number of unbranched alkanes of at least 4 members (excludes halogenated alkanes) is 11. The second-order valence-corrected chi connectivity index (χ2v) is 8.32. The first-order valence-corrected chi connectivity index (χ1v) is 11.3. The third kappa shape index (κ3) is 12.3. The zero-order chi connectivity index (χ0) is 18.1. The highest BCUT2D eigenvalue weighted by Gasteiger charge is 2.32. The van der Waals surface area contributed by atoms with Crippen molar-refractivity contribution in [2.75, 3.05) is 0 Å². The van der Waals surface area contributed by atoms with E-state index in [-0.39, 0.29) is 11.5 Å². The van der Waals surface area contributed by atoms with Crippen molar-refractivity contribution < 1.29 is 5.11 Å². The van der Waals surface area contributed by atoms with Gasteiger partial charge in [-0.1, -0.05) is 118 Å². The van der Waals surface area contributed by atoms with Gasteiger partial charge in [-0.15, -0.1) is 0 Å². The predicted molar refractivity (Wildman–Crippen MR) is 108 cm³/mol. The van der Waals surface area contributed by atoms with Crippen molar-refractivity contribution in [3.63, 3.8) is 0 Å². The molecule has 0 aliphatic carbocycles. The average Bonchev–Trinajstić information content (AvgIpc) is 2.58. The summed E-state index contributed by atoms with van der Waals surface area (Å²) in [4.78, 5) is 0. The molecule has 0 aromatic heterocycles. The molecule has 1 nitrogen and oxygen atoms in total. The quantitative estimate of drug-likeness (QED) is 0.223. The molecule has 0 spiro atoms. The van der Waals surface area contributed by atoms with Gasteiger partial charge in [-0.3, -0.25) is 0 Å². The highest BCUT2D eigenvalue weighted by molar-refractivity contribution is 4.82. The molecular weight excluding hydrogens is 292 g/mol. The summed E-state index contributed by atoms with van der Waals surface area (Å²) >= 11 is 0. The lowest BCUT2D eigenvalue weighted by atomic mass is 9.73. The second-order valence-electron chi connectivity index (χ2n) is 8.32. The smallest absolute Gasteiger partial charge is 0.0983 e. The Bertz CT molecular complexity index is 232. The van der Waals surface area contributed by atoms with E-state index in [9.17, 15) is 5.11 Å². The summed E-state index contributed by atoms with van der Waals surface area (Å²) in [7, 11) is 0. The maximum Gasteiger partial charge on any atom is 0.0983 e. The van der Waals surface area contributed by atoms with Crippen LogP contribution in [0.3, 0.4) is 0 Å². The summed E-state index contributed by atoms with van der Waals surface area (Å²) in [6.45, 7) is 9.05. The van der Waals surface area contributed by atoms with E-state index in [0.717, 1.165) is 32.1 Å². The topological polar surface area (TPSA) is 19.9 Å². The zero-order valence-electron chi connectivity index (χ0n) is 17.5. The van der Waals surface area contributed by atoms with Gasteiger partial charge in [-0.25, -0.2) is 5.11 Å². The standard InChI is InChI=1S/C23H47O/c1-5-8-11-13-15-17-20-23(4,22(24)19-10-7-3)21-18-16-14-12-9-6-2/h22H,5-21H2,1-4H3. The second kappa shape index (κ2) is 16.4. The Kier molecular flexibility index (Phi) is 16.4. The summed E-state index contributed by atoms with van der Waals surface area (Å²) in [5.74, 6) is 0. The van der Waals surface area contributed by atoms with E-state index in [0.29, 0.717) is 0 Å². The molecule has 1 atom stereocenters. The third-order valence-electron chi connectivity index (χ3n) is 5.80. The van der Waals surface area contributed by atoms with Gasteiger partial charge in [-0.2, -0.15) is 0 Å². The Morgan fingerprint density at radius 2 is 0.958 bits per heavy atom. The Morgan fingerprint density at radius 3 is 1.38 bits per heavy atom. The van der Waals surface area contributed by atoms with E-state index in [2.05, 4.69) is 27.7 Å². The molecule has 0 saturated heterocycles. The molecule has 0 bridgehead atoms. The molecular formula is C23H47O. The van der Waals surface area contributed by atoms with Crippen LogP contribution in [0, 0.1) is 5.41 Å². The summed E-state index contributed by atoms with van der Waals surface area (Å²) in [6.07, 6.45) is 21.2. The molecule has 0 aromatic carbocycles. The zero-order valence-corrected chi connectivity index (χ0v) is 17.5. The minimum atomic E-state index is -0.344. The summed E-state index contributed by atoms with van der Waals surface area (Å²) in [5.41, 5.74) is 0.0463. The number of hydrogen-bond acceptors (Lipinski definition) is 0. The molecule has 1 heteroatoms. The summed E-state index contributed by atoms with van der Waals surface area (Å²) in [6, 6.07) is 0. The lowest BCUT2D eigenvalue weighted by Gasteiger charge is -2.34. The van der Waals surface area contributed by atoms with Crippen molar-refractivity contribution in [2.45, 2.75) is 143 Å². The lowest BCUT2D eigenvalue weighted by Crippen LogP contribution is -2.31. The molecule has 0 N–H and O–H groups in total. The maximum absolute atomic E-state index is 12.8. The first-order chi connectivity index (χ1) is 11.6. The first kappa shape index (κ1) is 24.0. The SMILES string of the molecule is CCCCCCCCC(C)(CCCCCCCC)C([O])CCCC. The highest BCUT2D eigenvalue weighted by Crippen LogP contribution is 2.37. The largest absolute Gasteiger partial charge is 0.233 e. The third-order valence-corrected chi connectivity index (χ3v) is 5.80. The van der Waals surface area contributed by atoms with Crippen molar-refractivity contribution >= 4 is 0 Å². The Balaban J connectivity index is 4.17. The molecule has 145 valence electrons. The van der Waals surface area contributed by atoms with Crippen LogP contribution in [0.1, 0.15) is 137 Å². The van der Waals surface area contributed by atoms with Crippen LogP contribution in [0.2, 0.25) is 0 Å². The average molecular weight is 340 g/mol. The number of hydrogen-bond donors (Lipinski definition) is 0. The molecule has 1 unspecified atom stereocenters. The van der Waals surface area contributed by atoms with Crippen LogP contribution in [-0.4, -0.2) is 6.10 Å². The van der Waals surface area contributed by atoms with Gasteiger partial charge in [0.1, 0.15) is 0 Å². The van der Waals surface area contributed by atoms with Crippen LogP contribution >= 0.6 is 0 Å². The molecule has 0 aliphatic heterocycles. The minimum Gasteiger partial charge on any atom is -0.233 e. The molecule has 1 radical (unpaired) electrons. The van der Waals surface area contributed by atoms with E-state index in [1.807, 2.05) is 0 Å². The molecule has 0 aromatic rings. The number of rotatable bonds is 18. The van der Waals surface area contributed by atoms with Gasteiger partial charge in [0.2, 0.25) is 0 Å². The lowest BCUT2D eigenvalue weighted by molar-refractivity contribution is -0.0377. The molecule has 0 rings (SSSR count). The molecule has 0 heterocycles. The predicted octanol–water partition coefficient (Wildman–Crippen LogP) is 8.48. The van der Waals surface area contributed by atoms with Gasteiger partial charge in [0.05, 0.1) is 6.10 Å². The Labute approximate surface area is 154 Å². The fourth-order valence-electron chi connectivity index (χ4n) is 3.80. The normalized spacial score (nSPS) is 13.4. The summed E-state index contributed by atoms with van der Waals surface area (Å²) < 4.78 is 0. The van der Waals surface area contributed by atoms with Crippen molar-refractivity contribution in [1.82, 2.24) is 0 Å². The van der Waals surface area contributed by atoms with Gasteiger partial charge in [0, 0.05) is 0 Å². The minimum absolute atomic E-state index is 0.0463. The Hall–Kier alpha value is -0.0400. The fourth-order valence-corrected chi connectivity index (χ4v) is 3.80. The van der Waals surface area contributed by atoms with E-state index < -0.39 is 0 Å². The Morgan fingerprint density at radius 1 is 0.583 bits per heavy atom. The van der Waals surface area contributed by atoms with Crippen molar-refractivity contribution in [2.24, 2.45) is 5.41 Å². The van der Waals surface area contributed by atoms with Crippen molar-refractivity contribution in [3.8, 4) is 0 Å². The van der Waals surface area contributed by atoms with Gasteiger partial charge >= 0.3 is 0 Å². The van der Waals surface area contributed by atoms with Crippen molar-refractivity contribution in [1.29, 1.82) is 0 Å². The van der Waals surface area contributed by atoms with E-state index in [1.165, 1.54) is 77.0 Å². The fraction of sp³-hybridized carbons (Fsp3) is 1.00. The molecule has 0 fully saturated rings. The first-order valence-electron chi connectivity index (χ1n) is 11.3. The van der Waals surface area contributed by atoms with E-state index >= 15 is 0 Å². The van der Waals surface area contributed by atoms with E-state index in [1.54, 1.807) is 0 Å². The highest BCUT2D eigenvalue weighted by atomic mass is 16.3. The maximum atomic E-state index is 12.8. The van der Waals surface area contributed by atoms with Crippen LogP contribution in [0.25, 0.3) is 0 Å². The summed E-state index contributed by atoms with van der Waals surface area (Å²) in [5, 5.41) is 12.8. The molecule has 0 aliphatic rings. The van der Waals surface area contributed by atoms with Crippen LogP contribution in [0.5, 0.6) is 0 Å². The van der Waals surface area contributed by atoms with Crippen LogP contribution in [0.4, 0.5) is 0 Å². The van der Waals surface area contributed by atoms with Crippen LogP contribution < -0.4 is 0 Å². The molecule has 0 amide bonds. The molecule has 24 heavy (non-hydrogen) atoms. The van der Waals surface area contributed by atoms with Crippen LogP contribution in [-0.2, 0) is 5.11 Å². The van der Waals surface area contributed by atoms with Gasteiger partial charge < -0.3 is 0 Å². The monoisotopic (exact) mass is 339 g/mol. The van der Waals surface area contributed by atoms with Gasteiger partial charge in [0.15, 0.2) is 0 Å². The van der Waals surface area contributed by atoms with Crippen LogP contribution in [0.15, 0.2) is 0 Å².